The van der Waals surface area contributed by atoms with Gasteiger partial charge < -0.3 is 14.2 Å². The Hall–Kier alpha value is -3.55. The van der Waals surface area contributed by atoms with Gasteiger partial charge in [-0.2, -0.15) is 5.10 Å². The molecule has 0 unspecified atom stereocenters. The highest BCUT2D eigenvalue weighted by Gasteiger charge is 2.14. The Morgan fingerprint density at radius 1 is 0.971 bits per heavy atom. The lowest BCUT2D eigenvalue weighted by molar-refractivity contribution is 0.0952. The molecule has 35 heavy (non-hydrogen) atoms. The summed E-state index contributed by atoms with van der Waals surface area (Å²) in [7, 11) is 3.09. The van der Waals surface area contributed by atoms with E-state index in [0.29, 0.717) is 44.5 Å². The Labute approximate surface area is 216 Å². The first kappa shape index (κ1) is 24.6. The molecule has 0 aliphatic heterocycles. The molecule has 8 heteroatoms. The second-order valence-corrected chi connectivity index (χ2v) is 8.84. The van der Waals surface area contributed by atoms with Crippen molar-refractivity contribution < 1.29 is 19.0 Å². The molecule has 6 nitrogen and oxygen atoms in total. The van der Waals surface area contributed by atoms with E-state index in [-0.39, 0.29) is 5.91 Å². The number of hydrogen-bond acceptors (Lipinski definition) is 5. The van der Waals surface area contributed by atoms with Crippen molar-refractivity contribution in [3.63, 3.8) is 0 Å². The van der Waals surface area contributed by atoms with E-state index in [0.717, 1.165) is 16.3 Å². The zero-order valence-corrected chi connectivity index (χ0v) is 21.4. The number of nitrogens with one attached hydrogen (secondary N) is 1. The summed E-state index contributed by atoms with van der Waals surface area (Å²) < 4.78 is 17.6. The van der Waals surface area contributed by atoms with Crippen LogP contribution in [0.1, 0.15) is 21.5 Å². The third-order valence-corrected chi connectivity index (χ3v) is 6.08. The summed E-state index contributed by atoms with van der Waals surface area (Å²) in [6.07, 6.45) is 1.53. The van der Waals surface area contributed by atoms with Crippen molar-refractivity contribution in [2.24, 2.45) is 5.10 Å². The Morgan fingerprint density at radius 3 is 2.34 bits per heavy atom. The largest absolute Gasteiger partial charge is 0.496 e. The third kappa shape index (κ3) is 5.93. The van der Waals surface area contributed by atoms with Gasteiger partial charge in [-0.25, -0.2) is 5.43 Å². The van der Waals surface area contributed by atoms with Crippen molar-refractivity contribution in [2.45, 2.75) is 6.61 Å². The molecule has 0 heterocycles. The molecule has 0 bridgehead atoms. The number of halogens is 2. The van der Waals surface area contributed by atoms with Gasteiger partial charge in [0.1, 0.15) is 12.4 Å². The molecular formula is C27H22BrClN2O4. The van der Waals surface area contributed by atoms with Crippen molar-refractivity contribution in [3.05, 3.63) is 99.0 Å². The standard InChI is InChI=1S/C27H22BrClN2O4/c1-33-24-14-20-6-4-3-5-19(20)13-22(24)27(32)31-30-15-18-11-23(28)26(25(12-18)34-2)35-16-17-7-9-21(29)10-8-17/h3-15H,16H2,1-2H3,(H,31,32)/b30-15-. The summed E-state index contributed by atoms with van der Waals surface area (Å²) in [5, 5.41) is 6.70. The number of hydrogen-bond donors (Lipinski definition) is 1. The van der Waals surface area contributed by atoms with Gasteiger partial charge in [0.25, 0.3) is 5.91 Å². The molecule has 0 saturated heterocycles. The number of carbonyl (C=O) groups excluding carboxylic acids is 1. The number of hydrazone groups is 1. The van der Waals surface area contributed by atoms with E-state index in [2.05, 4.69) is 26.5 Å². The van der Waals surface area contributed by atoms with Gasteiger partial charge in [0, 0.05) is 5.02 Å². The molecule has 0 aromatic heterocycles. The van der Waals surface area contributed by atoms with Gasteiger partial charge >= 0.3 is 0 Å². The fourth-order valence-corrected chi connectivity index (χ4v) is 4.18. The maximum absolute atomic E-state index is 12.8. The topological polar surface area (TPSA) is 69.2 Å². The number of amides is 1. The van der Waals surface area contributed by atoms with Crippen LogP contribution in [0.5, 0.6) is 17.2 Å². The van der Waals surface area contributed by atoms with Gasteiger partial charge in [0.2, 0.25) is 0 Å². The minimum atomic E-state index is -0.377. The fraction of sp³-hybridized carbons (Fsp3) is 0.111. The van der Waals surface area contributed by atoms with E-state index in [1.165, 1.54) is 13.3 Å². The van der Waals surface area contributed by atoms with E-state index in [9.17, 15) is 4.79 Å². The van der Waals surface area contributed by atoms with Gasteiger partial charge in [0.15, 0.2) is 11.5 Å². The Bertz CT molecular complexity index is 1390. The number of rotatable bonds is 8. The highest BCUT2D eigenvalue weighted by Crippen LogP contribution is 2.37. The predicted molar refractivity (Wildman–Crippen MR) is 142 cm³/mol. The van der Waals surface area contributed by atoms with Crippen LogP contribution in [0.2, 0.25) is 5.02 Å². The molecule has 0 aliphatic rings. The van der Waals surface area contributed by atoms with Crippen LogP contribution < -0.4 is 19.6 Å². The Balaban J connectivity index is 1.48. The molecule has 0 atom stereocenters. The average Bonchev–Trinajstić information content (AvgIpc) is 2.87. The average molecular weight is 554 g/mol. The monoisotopic (exact) mass is 552 g/mol. The van der Waals surface area contributed by atoms with E-state index in [1.807, 2.05) is 60.7 Å². The van der Waals surface area contributed by atoms with Gasteiger partial charge in [-0.1, -0.05) is 48.0 Å². The second kappa shape index (κ2) is 11.3. The smallest absolute Gasteiger partial charge is 0.275 e. The Kier molecular flexibility index (Phi) is 7.90. The summed E-state index contributed by atoms with van der Waals surface area (Å²) in [6, 6.07) is 22.4. The minimum Gasteiger partial charge on any atom is -0.496 e. The van der Waals surface area contributed by atoms with E-state index < -0.39 is 0 Å². The van der Waals surface area contributed by atoms with Gasteiger partial charge in [-0.15, -0.1) is 0 Å². The molecule has 0 fully saturated rings. The second-order valence-electron chi connectivity index (χ2n) is 7.55. The summed E-state index contributed by atoms with van der Waals surface area (Å²) in [5.74, 6) is 1.18. The summed E-state index contributed by atoms with van der Waals surface area (Å²) in [6.45, 7) is 0.350. The highest BCUT2D eigenvalue weighted by molar-refractivity contribution is 9.10. The molecule has 0 radical (unpaired) electrons. The first-order valence-corrected chi connectivity index (χ1v) is 11.8. The molecule has 4 rings (SSSR count). The normalized spacial score (nSPS) is 11.0. The molecule has 0 saturated carbocycles. The van der Waals surface area contributed by atoms with Crippen LogP contribution in [0.4, 0.5) is 0 Å². The lowest BCUT2D eigenvalue weighted by atomic mass is 10.1. The Morgan fingerprint density at radius 2 is 1.66 bits per heavy atom. The van der Waals surface area contributed by atoms with Crippen LogP contribution in [0, 0.1) is 0 Å². The molecule has 0 aliphatic carbocycles. The highest BCUT2D eigenvalue weighted by atomic mass is 79.9. The number of benzene rings is 4. The maximum atomic E-state index is 12.8. The summed E-state index contributed by atoms with van der Waals surface area (Å²) in [5.41, 5.74) is 4.64. The molecule has 0 spiro atoms. The molecule has 4 aromatic rings. The lowest BCUT2D eigenvalue weighted by Gasteiger charge is -2.13. The predicted octanol–water partition coefficient (Wildman–Crippen LogP) is 6.62. The molecular weight excluding hydrogens is 532 g/mol. The summed E-state index contributed by atoms with van der Waals surface area (Å²) >= 11 is 9.47. The first-order valence-electron chi connectivity index (χ1n) is 10.6. The lowest BCUT2D eigenvalue weighted by Crippen LogP contribution is -2.18. The summed E-state index contributed by atoms with van der Waals surface area (Å²) in [4.78, 5) is 12.8. The van der Waals surface area contributed by atoms with Crippen LogP contribution in [0.3, 0.4) is 0 Å². The van der Waals surface area contributed by atoms with E-state index in [4.69, 9.17) is 25.8 Å². The number of ether oxygens (including phenoxy) is 3. The van der Waals surface area contributed by atoms with Crippen molar-refractivity contribution >= 4 is 50.4 Å². The first-order chi connectivity index (χ1) is 17.0. The molecule has 178 valence electrons. The van der Waals surface area contributed by atoms with Gasteiger partial charge in [-0.3, -0.25) is 4.79 Å². The molecule has 1 amide bonds. The zero-order chi connectivity index (χ0) is 24.8. The van der Waals surface area contributed by atoms with Crippen LogP contribution in [-0.2, 0) is 6.61 Å². The van der Waals surface area contributed by atoms with Crippen molar-refractivity contribution in [1.82, 2.24) is 5.43 Å². The zero-order valence-electron chi connectivity index (χ0n) is 19.0. The van der Waals surface area contributed by atoms with Crippen LogP contribution in [0.15, 0.2) is 82.4 Å². The number of fused-ring (bicyclic) bond motifs is 1. The van der Waals surface area contributed by atoms with Crippen molar-refractivity contribution in [2.75, 3.05) is 14.2 Å². The number of methoxy groups -OCH3 is 2. The van der Waals surface area contributed by atoms with Crippen LogP contribution >= 0.6 is 27.5 Å². The van der Waals surface area contributed by atoms with Gasteiger partial charge in [0.05, 0.1) is 30.5 Å². The van der Waals surface area contributed by atoms with Crippen molar-refractivity contribution in [3.8, 4) is 17.2 Å². The third-order valence-electron chi connectivity index (χ3n) is 5.24. The fourth-order valence-electron chi connectivity index (χ4n) is 3.48. The van der Waals surface area contributed by atoms with Crippen LogP contribution in [0.25, 0.3) is 10.8 Å². The quantitative estimate of drug-likeness (QED) is 0.197. The SMILES string of the molecule is COc1cc2ccccc2cc1C(=O)N/N=C\c1cc(Br)c(OCc2ccc(Cl)cc2)c(OC)c1. The molecule has 4 aromatic carbocycles. The van der Waals surface area contributed by atoms with E-state index >= 15 is 0 Å². The van der Waals surface area contributed by atoms with Crippen molar-refractivity contribution in [1.29, 1.82) is 0 Å². The maximum Gasteiger partial charge on any atom is 0.275 e. The van der Waals surface area contributed by atoms with E-state index in [1.54, 1.807) is 19.2 Å². The van der Waals surface area contributed by atoms with Gasteiger partial charge in [-0.05, 0) is 74.2 Å². The minimum absolute atomic E-state index is 0.350. The number of carbonyl (C=O) groups is 1. The number of nitrogens with zero attached hydrogens (tertiary/aromatic N) is 1. The van der Waals surface area contributed by atoms with Crippen LogP contribution in [-0.4, -0.2) is 26.3 Å². The molecule has 1 N–H and O–H groups in total.